The van der Waals surface area contributed by atoms with Crippen LogP contribution in [-0.4, -0.2) is 23.6 Å². The Bertz CT molecular complexity index is 352. The molecule has 0 aliphatic carbocycles. The molecule has 0 fully saturated rings. The highest BCUT2D eigenvalue weighted by molar-refractivity contribution is 9.10. The summed E-state index contributed by atoms with van der Waals surface area (Å²) < 4.78 is 1.03. The van der Waals surface area contributed by atoms with Gasteiger partial charge in [0, 0.05) is 16.6 Å². The number of benzene rings is 1. The number of rotatable bonds is 5. The summed E-state index contributed by atoms with van der Waals surface area (Å²) in [5.74, 6) is 0.423. The molecule has 0 amide bonds. The van der Waals surface area contributed by atoms with Crippen LogP contribution in [0.2, 0.25) is 0 Å². The number of hydrogen-bond acceptors (Lipinski definition) is 2. The van der Waals surface area contributed by atoms with E-state index in [1.165, 1.54) is 12.8 Å². The Kier molecular flexibility index (Phi) is 5.29. The predicted octanol–water partition coefficient (Wildman–Crippen LogP) is 3.70. The van der Waals surface area contributed by atoms with Crippen molar-refractivity contribution in [3.63, 3.8) is 0 Å². The van der Waals surface area contributed by atoms with Gasteiger partial charge >= 0.3 is 0 Å². The van der Waals surface area contributed by atoms with Crippen LogP contribution in [0.15, 0.2) is 16.6 Å². The van der Waals surface area contributed by atoms with E-state index in [-0.39, 0.29) is 0 Å². The molecular weight excluding hydrogens is 266 g/mol. The van der Waals surface area contributed by atoms with E-state index in [1.807, 2.05) is 19.1 Å². The fourth-order valence-electron chi connectivity index (χ4n) is 1.72. The minimum absolute atomic E-state index is 0.423. The van der Waals surface area contributed by atoms with Crippen molar-refractivity contribution in [1.82, 2.24) is 4.90 Å². The van der Waals surface area contributed by atoms with Gasteiger partial charge in [-0.05, 0) is 44.6 Å². The molecule has 16 heavy (non-hydrogen) atoms. The first-order valence-electron chi connectivity index (χ1n) is 5.71. The van der Waals surface area contributed by atoms with Gasteiger partial charge in [-0.3, -0.25) is 0 Å². The average Bonchev–Trinajstić information content (AvgIpc) is 2.22. The van der Waals surface area contributed by atoms with Crippen LogP contribution in [0.25, 0.3) is 0 Å². The molecule has 0 aliphatic heterocycles. The molecule has 1 aromatic carbocycles. The molecule has 0 aromatic heterocycles. The van der Waals surface area contributed by atoms with Crippen LogP contribution < -0.4 is 0 Å². The van der Waals surface area contributed by atoms with Crippen LogP contribution in [0.5, 0.6) is 5.75 Å². The summed E-state index contributed by atoms with van der Waals surface area (Å²) in [7, 11) is 2.09. The second-order valence-electron chi connectivity index (χ2n) is 4.32. The van der Waals surface area contributed by atoms with Gasteiger partial charge in [-0.25, -0.2) is 0 Å². The second kappa shape index (κ2) is 6.26. The van der Waals surface area contributed by atoms with Gasteiger partial charge in [0.2, 0.25) is 0 Å². The maximum absolute atomic E-state index is 9.95. The van der Waals surface area contributed by atoms with E-state index < -0.39 is 0 Å². The number of halogens is 1. The highest BCUT2D eigenvalue weighted by Gasteiger charge is 2.08. The maximum Gasteiger partial charge on any atom is 0.123 e. The van der Waals surface area contributed by atoms with Crippen LogP contribution in [0.3, 0.4) is 0 Å². The summed E-state index contributed by atoms with van der Waals surface area (Å²) in [6.45, 7) is 5.98. The second-order valence-corrected chi connectivity index (χ2v) is 5.24. The summed E-state index contributed by atoms with van der Waals surface area (Å²) in [5.41, 5.74) is 1.92. The molecule has 1 aromatic rings. The molecule has 1 rings (SSSR count). The van der Waals surface area contributed by atoms with Crippen molar-refractivity contribution >= 4 is 15.9 Å². The van der Waals surface area contributed by atoms with Crippen molar-refractivity contribution in [2.45, 2.75) is 33.2 Å². The van der Waals surface area contributed by atoms with E-state index >= 15 is 0 Å². The van der Waals surface area contributed by atoms with E-state index in [0.29, 0.717) is 5.75 Å². The van der Waals surface area contributed by atoms with Crippen molar-refractivity contribution in [2.24, 2.45) is 0 Å². The summed E-state index contributed by atoms with van der Waals surface area (Å²) in [4.78, 5) is 2.24. The zero-order valence-electron chi connectivity index (χ0n) is 10.3. The summed E-state index contributed by atoms with van der Waals surface area (Å²) in [5, 5.41) is 9.95. The Morgan fingerprint density at radius 3 is 2.69 bits per heavy atom. The van der Waals surface area contributed by atoms with Crippen molar-refractivity contribution in [2.75, 3.05) is 13.6 Å². The molecular formula is C13H20BrNO. The lowest BCUT2D eigenvalue weighted by Gasteiger charge is -2.18. The lowest BCUT2D eigenvalue weighted by Crippen LogP contribution is -2.19. The molecule has 0 aliphatic rings. The number of hydrogen-bond donors (Lipinski definition) is 1. The summed E-state index contributed by atoms with van der Waals surface area (Å²) >= 11 is 3.46. The minimum Gasteiger partial charge on any atom is -0.507 e. The molecule has 3 heteroatoms. The van der Waals surface area contributed by atoms with Crippen molar-refractivity contribution < 1.29 is 5.11 Å². The third-order valence-electron chi connectivity index (χ3n) is 2.68. The zero-order chi connectivity index (χ0) is 12.1. The number of unbranched alkanes of at least 4 members (excludes halogenated alkanes) is 1. The SMILES string of the molecule is CCCCN(C)Cc1cc(Br)cc(C)c1O. The van der Waals surface area contributed by atoms with Gasteiger partial charge < -0.3 is 10.0 Å². The smallest absolute Gasteiger partial charge is 0.123 e. The normalized spacial score (nSPS) is 11.1. The first kappa shape index (κ1) is 13.5. The van der Waals surface area contributed by atoms with Crippen LogP contribution in [0.4, 0.5) is 0 Å². The molecule has 0 saturated carbocycles. The van der Waals surface area contributed by atoms with Gasteiger partial charge in [0.25, 0.3) is 0 Å². The predicted molar refractivity (Wildman–Crippen MR) is 71.8 cm³/mol. The van der Waals surface area contributed by atoms with Gasteiger partial charge in [-0.1, -0.05) is 29.3 Å². The van der Waals surface area contributed by atoms with E-state index in [2.05, 4.69) is 34.8 Å². The van der Waals surface area contributed by atoms with E-state index in [0.717, 1.165) is 28.7 Å². The van der Waals surface area contributed by atoms with Gasteiger partial charge in [0.1, 0.15) is 5.75 Å². The maximum atomic E-state index is 9.95. The monoisotopic (exact) mass is 285 g/mol. The third-order valence-corrected chi connectivity index (χ3v) is 3.14. The number of phenols is 1. The molecule has 0 radical (unpaired) electrons. The van der Waals surface area contributed by atoms with Gasteiger partial charge in [-0.15, -0.1) is 0 Å². The summed E-state index contributed by atoms with van der Waals surface area (Å²) in [6, 6.07) is 3.93. The Morgan fingerprint density at radius 1 is 1.38 bits per heavy atom. The third kappa shape index (κ3) is 3.80. The molecule has 90 valence electrons. The minimum atomic E-state index is 0.423. The molecule has 0 bridgehead atoms. The Balaban J connectivity index is 2.72. The highest BCUT2D eigenvalue weighted by atomic mass is 79.9. The standard InChI is InChI=1S/C13H20BrNO/c1-4-5-6-15(3)9-11-8-12(14)7-10(2)13(11)16/h7-8,16H,4-6,9H2,1-3H3. The Hall–Kier alpha value is -0.540. The van der Waals surface area contributed by atoms with Crippen LogP contribution in [0.1, 0.15) is 30.9 Å². The van der Waals surface area contributed by atoms with E-state index in [1.54, 1.807) is 0 Å². The van der Waals surface area contributed by atoms with Crippen molar-refractivity contribution in [1.29, 1.82) is 0 Å². The quantitative estimate of drug-likeness (QED) is 0.892. The van der Waals surface area contributed by atoms with Crippen LogP contribution in [-0.2, 0) is 6.54 Å². The first-order valence-corrected chi connectivity index (χ1v) is 6.50. The zero-order valence-corrected chi connectivity index (χ0v) is 11.8. The Morgan fingerprint density at radius 2 is 2.06 bits per heavy atom. The number of aromatic hydroxyl groups is 1. The molecule has 0 atom stereocenters. The lowest BCUT2D eigenvalue weighted by molar-refractivity contribution is 0.314. The number of phenolic OH excluding ortho intramolecular Hbond substituents is 1. The highest BCUT2D eigenvalue weighted by Crippen LogP contribution is 2.27. The van der Waals surface area contributed by atoms with Gasteiger partial charge in [0.05, 0.1) is 0 Å². The lowest BCUT2D eigenvalue weighted by atomic mass is 10.1. The topological polar surface area (TPSA) is 23.5 Å². The van der Waals surface area contributed by atoms with Crippen LogP contribution in [0, 0.1) is 6.92 Å². The molecule has 0 saturated heterocycles. The summed E-state index contributed by atoms with van der Waals surface area (Å²) in [6.07, 6.45) is 2.40. The van der Waals surface area contributed by atoms with Gasteiger partial charge in [0.15, 0.2) is 0 Å². The fourth-order valence-corrected chi connectivity index (χ4v) is 2.34. The molecule has 1 N–H and O–H groups in total. The molecule has 0 heterocycles. The molecule has 2 nitrogen and oxygen atoms in total. The van der Waals surface area contributed by atoms with Crippen LogP contribution >= 0.6 is 15.9 Å². The largest absolute Gasteiger partial charge is 0.507 e. The fraction of sp³-hybridized carbons (Fsp3) is 0.538. The van der Waals surface area contributed by atoms with Crippen molar-refractivity contribution in [3.8, 4) is 5.75 Å². The van der Waals surface area contributed by atoms with Crippen molar-refractivity contribution in [3.05, 3.63) is 27.7 Å². The van der Waals surface area contributed by atoms with Gasteiger partial charge in [-0.2, -0.15) is 0 Å². The molecule has 0 spiro atoms. The Labute approximate surface area is 106 Å². The number of nitrogens with zero attached hydrogens (tertiary/aromatic N) is 1. The molecule has 0 unspecified atom stereocenters. The van der Waals surface area contributed by atoms with E-state index in [4.69, 9.17) is 0 Å². The first-order chi connectivity index (χ1) is 7.54. The average molecular weight is 286 g/mol. The van der Waals surface area contributed by atoms with E-state index in [9.17, 15) is 5.11 Å². The number of aryl methyl sites for hydroxylation is 1.